The van der Waals surface area contributed by atoms with Gasteiger partial charge in [-0.1, -0.05) is 30.3 Å². The van der Waals surface area contributed by atoms with Crippen LogP contribution in [0.3, 0.4) is 0 Å². The SMILES string of the molecule is N#C/C=C/c1ccc(OCc2ccccc2F)cc1. The number of allylic oxidation sites excluding steroid dienone is 1. The molecule has 2 nitrogen and oxygen atoms in total. The molecule has 2 rings (SSSR count). The second-order valence-corrected chi connectivity index (χ2v) is 3.91. The van der Waals surface area contributed by atoms with Crippen LogP contribution >= 0.6 is 0 Å². The van der Waals surface area contributed by atoms with Crippen LogP contribution < -0.4 is 4.74 Å². The molecule has 0 unspecified atom stereocenters. The minimum Gasteiger partial charge on any atom is -0.489 e. The Hall–Kier alpha value is -2.60. The first-order chi connectivity index (χ1) is 9.29. The maximum Gasteiger partial charge on any atom is 0.129 e. The lowest BCUT2D eigenvalue weighted by atomic mass is 10.2. The lowest BCUT2D eigenvalue weighted by molar-refractivity contribution is 0.300. The molecule has 0 spiro atoms. The predicted octanol–water partition coefficient (Wildman–Crippen LogP) is 3.94. The summed E-state index contributed by atoms with van der Waals surface area (Å²) in [6, 6.07) is 15.7. The van der Waals surface area contributed by atoms with E-state index in [-0.39, 0.29) is 12.4 Å². The van der Waals surface area contributed by atoms with Crippen LogP contribution in [-0.4, -0.2) is 0 Å². The number of halogens is 1. The molecule has 2 aromatic carbocycles. The summed E-state index contributed by atoms with van der Waals surface area (Å²) in [6.07, 6.45) is 3.12. The van der Waals surface area contributed by atoms with E-state index in [1.807, 2.05) is 18.2 Å². The van der Waals surface area contributed by atoms with Gasteiger partial charge in [-0.2, -0.15) is 5.26 Å². The van der Waals surface area contributed by atoms with E-state index in [0.29, 0.717) is 11.3 Å². The van der Waals surface area contributed by atoms with Gasteiger partial charge in [-0.25, -0.2) is 4.39 Å². The first kappa shape index (κ1) is 12.8. The zero-order valence-electron chi connectivity index (χ0n) is 10.2. The average molecular weight is 253 g/mol. The van der Waals surface area contributed by atoms with Gasteiger partial charge in [0.25, 0.3) is 0 Å². The number of nitriles is 1. The number of benzene rings is 2. The van der Waals surface area contributed by atoms with Gasteiger partial charge in [-0.15, -0.1) is 0 Å². The summed E-state index contributed by atoms with van der Waals surface area (Å²) in [5.41, 5.74) is 1.44. The zero-order valence-corrected chi connectivity index (χ0v) is 10.2. The van der Waals surface area contributed by atoms with Crippen molar-refractivity contribution in [2.75, 3.05) is 0 Å². The van der Waals surface area contributed by atoms with Crippen LogP contribution in [0, 0.1) is 17.1 Å². The van der Waals surface area contributed by atoms with Crippen molar-refractivity contribution >= 4 is 6.08 Å². The van der Waals surface area contributed by atoms with Crippen LogP contribution in [0.5, 0.6) is 5.75 Å². The molecule has 0 fully saturated rings. The average Bonchev–Trinajstić information content (AvgIpc) is 2.45. The van der Waals surface area contributed by atoms with Crippen LogP contribution in [0.25, 0.3) is 6.08 Å². The molecule has 0 aliphatic carbocycles. The lowest BCUT2D eigenvalue weighted by Gasteiger charge is -2.07. The van der Waals surface area contributed by atoms with E-state index >= 15 is 0 Å². The Balaban J connectivity index is 1.99. The molecule has 3 heteroatoms. The fourth-order valence-corrected chi connectivity index (χ4v) is 1.59. The first-order valence-electron chi connectivity index (χ1n) is 5.82. The summed E-state index contributed by atoms with van der Waals surface area (Å²) in [6.45, 7) is 0.194. The van der Waals surface area contributed by atoms with E-state index in [1.54, 1.807) is 36.4 Å². The van der Waals surface area contributed by atoms with Gasteiger partial charge in [0.05, 0.1) is 6.07 Å². The van der Waals surface area contributed by atoms with E-state index in [2.05, 4.69) is 0 Å². The summed E-state index contributed by atoms with van der Waals surface area (Å²) in [5, 5.41) is 8.42. The van der Waals surface area contributed by atoms with Crippen LogP contribution in [-0.2, 0) is 6.61 Å². The van der Waals surface area contributed by atoms with E-state index in [9.17, 15) is 4.39 Å². The minimum atomic E-state index is -0.268. The van der Waals surface area contributed by atoms with Crippen molar-refractivity contribution in [1.29, 1.82) is 5.26 Å². The van der Waals surface area contributed by atoms with Crippen molar-refractivity contribution in [3.8, 4) is 11.8 Å². The largest absolute Gasteiger partial charge is 0.489 e. The summed E-state index contributed by atoms with van der Waals surface area (Å²) >= 11 is 0. The number of hydrogen-bond donors (Lipinski definition) is 0. The molecule has 0 amide bonds. The Morgan fingerprint density at radius 1 is 1.11 bits per heavy atom. The number of nitrogens with zero attached hydrogens (tertiary/aromatic N) is 1. The quantitative estimate of drug-likeness (QED) is 0.773. The van der Waals surface area contributed by atoms with Gasteiger partial charge in [0.15, 0.2) is 0 Å². The zero-order chi connectivity index (χ0) is 13.5. The van der Waals surface area contributed by atoms with Crippen LogP contribution in [0.15, 0.2) is 54.6 Å². The number of ether oxygens (including phenoxy) is 1. The van der Waals surface area contributed by atoms with Crippen molar-refractivity contribution in [3.63, 3.8) is 0 Å². The van der Waals surface area contributed by atoms with Crippen molar-refractivity contribution in [2.45, 2.75) is 6.61 Å². The normalized spacial score (nSPS) is 10.3. The molecule has 2 aromatic rings. The molecule has 0 aromatic heterocycles. The number of hydrogen-bond acceptors (Lipinski definition) is 2. The van der Waals surface area contributed by atoms with E-state index in [4.69, 9.17) is 10.00 Å². The molecular formula is C16H12FNO. The summed E-state index contributed by atoms with van der Waals surface area (Å²) in [4.78, 5) is 0. The van der Waals surface area contributed by atoms with E-state index in [0.717, 1.165) is 5.56 Å². The maximum atomic E-state index is 13.4. The molecule has 19 heavy (non-hydrogen) atoms. The second-order valence-electron chi connectivity index (χ2n) is 3.91. The van der Waals surface area contributed by atoms with Crippen molar-refractivity contribution < 1.29 is 9.13 Å². The van der Waals surface area contributed by atoms with Crippen molar-refractivity contribution in [1.82, 2.24) is 0 Å². The molecule has 94 valence electrons. The Morgan fingerprint density at radius 3 is 2.53 bits per heavy atom. The maximum absolute atomic E-state index is 13.4. The van der Waals surface area contributed by atoms with Gasteiger partial charge in [-0.05, 0) is 29.8 Å². The Morgan fingerprint density at radius 2 is 1.84 bits per heavy atom. The van der Waals surface area contributed by atoms with Crippen LogP contribution in [0.4, 0.5) is 4.39 Å². The lowest BCUT2D eigenvalue weighted by Crippen LogP contribution is -1.97. The molecule has 0 aliphatic heterocycles. The highest BCUT2D eigenvalue weighted by molar-refractivity contribution is 5.52. The second kappa shape index (κ2) is 6.36. The van der Waals surface area contributed by atoms with Gasteiger partial charge in [0.1, 0.15) is 18.2 Å². The molecule has 0 bridgehead atoms. The highest BCUT2D eigenvalue weighted by Gasteiger charge is 2.01. The van der Waals surface area contributed by atoms with E-state index < -0.39 is 0 Å². The van der Waals surface area contributed by atoms with Gasteiger partial charge in [0.2, 0.25) is 0 Å². The molecule has 0 N–H and O–H groups in total. The smallest absolute Gasteiger partial charge is 0.129 e. The third-order valence-corrected chi connectivity index (χ3v) is 2.58. The van der Waals surface area contributed by atoms with Gasteiger partial charge in [-0.3, -0.25) is 0 Å². The van der Waals surface area contributed by atoms with Crippen molar-refractivity contribution in [3.05, 3.63) is 71.6 Å². The van der Waals surface area contributed by atoms with Crippen molar-refractivity contribution in [2.24, 2.45) is 0 Å². The van der Waals surface area contributed by atoms with Gasteiger partial charge < -0.3 is 4.74 Å². The summed E-state index contributed by atoms with van der Waals surface area (Å²) in [5.74, 6) is 0.397. The monoisotopic (exact) mass is 253 g/mol. The highest BCUT2D eigenvalue weighted by atomic mass is 19.1. The summed E-state index contributed by atoms with van der Waals surface area (Å²) in [7, 11) is 0. The molecule has 0 heterocycles. The fourth-order valence-electron chi connectivity index (χ4n) is 1.59. The molecule has 0 radical (unpaired) electrons. The number of rotatable bonds is 4. The first-order valence-corrected chi connectivity index (χ1v) is 5.82. The fraction of sp³-hybridized carbons (Fsp3) is 0.0625. The molecule has 0 aliphatic rings. The standard InChI is InChI=1S/C16H12FNO/c17-16-6-2-1-5-14(16)12-19-15-9-7-13(8-10-15)4-3-11-18/h1-10H,12H2/b4-3+. The van der Waals surface area contributed by atoms with E-state index in [1.165, 1.54) is 12.1 Å². The highest BCUT2D eigenvalue weighted by Crippen LogP contribution is 2.16. The van der Waals surface area contributed by atoms with Crippen LogP contribution in [0.2, 0.25) is 0 Å². The third-order valence-electron chi connectivity index (χ3n) is 2.58. The third kappa shape index (κ3) is 3.68. The summed E-state index contributed by atoms with van der Waals surface area (Å²) < 4.78 is 18.9. The molecule has 0 atom stereocenters. The van der Waals surface area contributed by atoms with Gasteiger partial charge in [0, 0.05) is 11.6 Å². The molecule has 0 saturated heterocycles. The van der Waals surface area contributed by atoms with Gasteiger partial charge >= 0.3 is 0 Å². The topological polar surface area (TPSA) is 33.0 Å². The molecular weight excluding hydrogens is 241 g/mol. The molecule has 0 saturated carbocycles. The predicted molar refractivity (Wildman–Crippen MR) is 71.8 cm³/mol. The minimum absolute atomic E-state index is 0.194. The Labute approximate surface area is 111 Å². The Kier molecular flexibility index (Phi) is 4.30. The van der Waals surface area contributed by atoms with Crippen LogP contribution in [0.1, 0.15) is 11.1 Å². The Bertz CT molecular complexity index is 611.